The molecule has 0 atom stereocenters. The molecule has 0 aliphatic heterocycles. The van der Waals surface area contributed by atoms with E-state index in [9.17, 15) is 9.59 Å². The summed E-state index contributed by atoms with van der Waals surface area (Å²) < 4.78 is 0.877. The Bertz CT molecular complexity index is 460. The summed E-state index contributed by atoms with van der Waals surface area (Å²) in [5, 5.41) is 8.66. The highest BCUT2D eigenvalue weighted by Gasteiger charge is 2.17. The number of carbonyl (C=O) groups excluding carboxylic acids is 1. The van der Waals surface area contributed by atoms with Crippen molar-refractivity contribution in [1.82, 2.24) is 4.90 Å². The Kier molecular flexibility index (Phi) is 5.34. The third-order valence-corrected chi connectivity index (χ3v) is 3.62. The number of carboxylic acid groups (broad SMARTS) is 1. The van der Waals surface area contributed by atoms with Crippen LogP contribution in [0.4, 0.5) is 0 Å². The lowest BCUT2D eigenvalue weighted by atomic mass is 10.1. The first-order valence-electron chi connectivity index (χ1n) is 5.73. The van der Waals surface area contributed by atoms with Gasteiger partial charge in [-0.3, -0.25) is 9.59 Å². The Morgan fingerprint density at radius 2 is 2.06 bits per heavy atom. The van der Waals surface area contributed by atoms with Crippen LogP contribution in [-0.2, 0) is 4.79 Å². The van der Waals surface area contributed by atoms with E-state index in [2.05, 4.69) is 15.9 Å². The van der Waals surface area contributed by atoms with Gasteiger partial charge in [0.15, 0.2) is 0 Å². The first-order valence-corrected chi connectivity index (χ1v) is 6.52. The molecule has 4 nitrogen and oxygen atoms in total. The zero-order valence-electron chi connectivity index (χ0n) is 10.4. The van der Waals surface area contributed by atoms with E-state index in [4.69, 9.17) is 5.11 Å². The van der Waals surface area contributed by atoms with Gasteiger partial charge in [0, 0.05) is 23.1 Å². The maximum Gasteiger partial charge on any atom is 0.305 e. The number of nitrogens with zero attached hydrogens (tertiary/aromatic N) is 1. The molecular formula is C13H16BrNO3. The Morgan fingerprint density at radius 1 is 1.39 bits per heavy atom. The monoisotopic (exact) mass is 313 g/mol. The second-order valence-electron chi connectivity index (χ2n) is 3.94. The summed E-state index contributed by atoms with van der Waals surface area (Å²) in [6.07, 6.45) is -0.0351. The van der Waals surface area contributed by atoms with Crippen LogP contribution in [0.25, 0.3) is 0 Å². The van der Waals surface area contributed by atoms with Gasteiger partial charge in [-0.2, -0.15) is 0 Å². The van der Waals surface area contributed by atoms with Gasteiger partial charge < -0.3 is 10.0 Å². The van der Waals surface area contributed by atoms with Crippen molar-refractivity contribution in [2.45, 2.75) is 20.3 Å². The van der Waals surface area contributed by atoms with E-state index in [1.807, 2.05) is 19.9 Å². The van der Waals surface area contributed by atoms with E-state index in [-0.39, 0.29) is 18.9 Å². The van der Waals surface area contributed by atoms with E-state index in [1.165, 1.54) is 0 Å². The van der Waals surface area contributed by atoms with Crippen molar-refractivity contribution in [3.8, 4) is 0 Å². The molecule has 98 valence electrons. The van der Waals surface area contributed by atoms with Crippen LogP contribution in [0.2, 0.25) is 0 Å². The van der Waals surface area contributed by atoms with Crippen molar-refractivity contribution in [1.29, 1.82) is 0 Å². The van der Waals surface area contributed by atoms with Crippen LogP contribution in [0.15, 0.2) is 22.7 Å². The van der Waals surface area contributed by atoms with Gasteiger partial charge in [0.1, 0.15) is 0 Å². The van der Waals surface area contributed by atoms with Crippen LogP contribution >= 0.6 is 15.9 Å². The van der Waals surface area contributed by atoms with Crippen molar-refractivity contribution in [3.05, 3.63) is 33.8 Å². The van der Waals surface area contributed by atoms with Crippen molar-refractivity contribution >= 4 is 27.8 Å². The summed E-state index contributed by atoms with van der Waals surface area (Å²) in [4.78, 5) is 24.4. The fourth-order valence-corrected chi connectivity index (χ4v) is 2.01. The second-order valence-corrected chi connectivity index (χ2v) is 4.80. The van der Waals surface area contributed by atoms with Gasteiger partial charge in [0.2, 0.25) is 0 Å². The quantitative estimate of drug-likeness (QED) is 0.909. The largest absolute Gasteiger partial charge is 0.481 e. The van der Waals surface area contributed by atoms with E-state index < -0.39 is 5.97 Å². The molecule has 0 aliphatic carbocycles. The van der Waals surface area contributed by atoms with Crippen LogP contribution in [0, 0.1) is 6.92 Å². The minimum atomic E-state index is -0.896. The summed E-state index contributed by atoms with van der Waals surface area (Å²) in [5.74, 6) is -1.02. The SMILES string of the molecule is CCN(CCC(=O)O)C(=O)c1cccc(Br)c1C. The highest BCUT2D eigenvalue weighted by atomic mass is 79.9. The van der Waals surface area contributed by atoms with Gasteiger partial charge in [0.25, 0.3) is 5.91 Å². The van der Waals surface area contributed by atoms with Gasteiger partial charge in [-0.1, -0.05) is 22.0 Å². The third-order valence-electron chi connectivity index (χ3n) is 2.76. The number of carboxylic acids is 1. The molecule has 0 radical (unpaired) electrons. The average Bonchev–Trinajstić information content (AvgIpc) is 2.32. The van der Waals surface area contributed by atoms with Crippen molar-refractivity contribution in [3.63, 3.8) is 0 Å². The number of hydrogen-bond acceptors (Lipinski definition) is 2. The number of halogens is 1. The smallest absolute Gasteiger partial charge is 0.305 e. The summed E-state index contributed by atoms with van der Waals surface area (Å²) in [6.45, 7) is 4.43. The first-order chi connectivity index (χ1) is 8.47. The van der Waals surface area contributed by atoms with Crippen LogP contribution in [0.3, 0.4) is 0 Å². The zero-order chi connectivity index (χ0) is 13.7. The Hall–Kier alpha value is -1.36. The third kappa shape index (κ3) is 3.57. The fourth-order valence-electron chi connectivity index (χ4n) is 1.64. The number of rotatable bonds is 5. The number of benzene rings is 1. The molecule has 0 saturated heterocycles. The first kappa shape index (κ1) is 14.7. The molecule has 18 heavy (non-hydrogen) atoms. The molecule has 0 heterocycles. The summed E-state index contributed by atoms with van der Waals surface area (Å²) in [7, 11) is 0. The zero-order valence-corrected chi connectivity index (χ0v) is 12.0. The molecule has 0 unspecified atom stereocenters. The van der Waals surface area contributed by atoms with Gasteiger partial charge in [0.05, 0.1) is 6.42 Å². The molecule has 0 spiro atoms. The van der Waals surface area contributed by atoms with Crippen LogP contribution < -0.4 is 0 Å². The van der Waals surface area contributed by atoms with Gasteiger partial charge >= 0.3 is 5.97 Å². The molecule has 0 aliphatic rings. The number of carbonyl (C=O) groups is 2. The molecule has 1 rings (SSSR count). The highest BCUT2D eigenvalue weighted by molar-refractivity contribution is 9.10. The minimum absolute atomic E-state index is 0.0351. The van der Waals surface area contributed by atoms with Crippen molar-refractivity contribution in [2.75, 3.05) is 13.1 Å². The second kappa shape index (κ2) is 6.54. The van der Waals surface area contributed by atoms with Crippen LogP contribution in [0.1, 0.15) is 29.3 Å². The Morgan fingerprint density at radius 3 is 2.61 bits per heavy atom. The summed E-state index contributed by atoms with van der Waals surface area (Å²) in [5.41, 5.74) is 1.48. The number of aliphatic carboxylic acids is 1. The Balaban J connectivity index is 2.89. The summed E-state index contributed by atoms with van der Waals surface area (Å²) in [6, 6.07) is 5.43. The molecule has 0 aromatic heterocycles. The number of hydrogen-bond donors (Lipinski definition) is 1. The van der Waals surface area contributed by atoms with Crippen molar-refractivity contribution in [2.24, 2.45) is 0 Å². The lowest BCUT2D eigenvalue weighted by molar-refractivity contribution is -0.137. The molecule has 0 bridgehead atoms. The molecule has 5 heteroatoms. The lowest BCUT2D eigenvalue weighted by Crippen LogP contribution is -2.33. The topological polar surface area (TPSA) is 57.6 Å². The van der Waals surface area contributed by atoms with E-state index in [0.29, 0.717) is 12.1 Å². The van der Waals surface area contributed by atoms with Crippen LogP contribution in [-0.4, -0.2) is 35.0 Å². The standard InChI is InChI=1S/C13H16BrNO3/c1-3-15(8-7-12(16)17)13(18)10-5-4-6-11(14)9(10)2/h4-6H,3,7-8H2,1-2H3,(H,16,17). The molecule has 0 fully saturated rings. The molecule has 1 amide bonds. The Labute approximate surface area is 115 Å². The maximum absolute atomic E-state index is 12.3. The molecular weight excluding hydrogens is 298 g/mol. The molecule has 1 N–H and O–H groups in total. The van der Waals surface area contributed by atoms with E-state index >= 15 is 0 Å². The van der Waals surface area contributed by atoms with Gasteiger partial charge in [-0.05, 0) is 31.5 Å². The average molecular weight is 314 g/mol. The van der Waals surface area contributed by atoms with E-state index in [0.717, 1.165) is 10.0 Å². The predicted molar refractivity (Wildman–Crippen MR) is 72.7 cm³/mol. The maximum atomic E-state index is 12.3. The minimum Gasteiger partial charge on any atom is -0.481 e. The summed E-state index contributed by atoms with van der Waals surface area (Å²) >= 11 is 3.38. The normalized spacial score (nSPS) is 10.2. The van der Waals surface area contributed by atoms with E-state index in [1.54, 1.807) is 17.0 Å². The van der Waals surface area contributed by atoms with Crippen LogP contribution in [0.5, 0.6) is 0 Å². The molecule has 0 saturated carbocycles. The fraction of sp³-hybridized carbons (Fsp3) is 0.385. The number of amides is 1. The lowest BCUT2D eigenvalue weighted by Gasteiger charge is -2.21. The molecule has 1 aromatic carbocycles. The van der Waals surface area contributed by atoms with Crippen molar-refractivity contribution < 1.29 is 14.7 Å². The highest BCUT2D eigenvalue weighted by Crippen LogP contribution is 2.20. The molecule has 1 aromatic rings. The van der Waals surface area contributed by atoms with Gasteiger partial charge in [-0.25, -0.2) is 0 Å². The predicted octanol–water partition coefficient (Wildman–Crippen LogP) is 2.69. The van der Waals surface area contributed by atoms with Gasteiger partial charge in [-0.15, -0.1) is 0 Å².